The molecule has 2 fully saturated rings. The summed E-state index contributed by atoms with van der Waals surface area (Å²) in [6, 6.07) is 11.6. The van der Waals surface area contributed by atoms with Gasteiger partial charge in [0.05, 0.1) is 30.4 Å². The van der Waals surface area contributed by atoms with Crippen LogP contribution in [-0.4, -0.2) is 62.2 Å². The second-order valence-electron chi connectivity index (χ2n) is 8.42. The largest absolute Gasteiger partial charge is 0.507 e. The Labute approximate surface area is 198 Å². The van der Waals surface area contributed by atoms with Gasteiger partial charge < -0.3 is 24.4 Å². The minimum atomic E-state index is -0.755. The quantitative estimate of drug-likeness (QED) is 0.390. The van der Waals surface area contributed by atoms with E-state index in [1.54, 1.807) is 12.1 Å². The molecule has 7 nitrogen and oxygen atoms in total. The summed E-state index contributed by atoms with van der Waals surface area (Å²) in [6.45, 7) is 0.907. The average Bonchev–Trinajstić information content (AvgIpc) is 3.41. The van der Waals surface area contributed by atoms with E-state index in [0.717, 1.165) is 24.1 Å². The van der Waals surface area contributed by atoms with Gasteiger partial charge in [-0.3, -0.25) is 9.59 Å². The average molecular weight is 471 g/mol. The lowest BCUT2D eigenvalue weighted by molar-refractivity contribution is -0.140. The summed E-state index contributed by atoms with van der Waals surface area (Å²) in [4.78, 5) is 29.8. The molecule has 0 aliphatic carbocycles. The van der Waals surface area contributed by atoms with Crippen LogP contribution in [-0.2, 0) is 14.3 Å². The Morgan fingerprint density at radius 3 is 2.55 bits per heavy atom. The minimum absolute atomic E-state index is 0.0103. The van der Waals surface area contributed by atoms with Crippen LogP contribution in [0, 0.1) is 0 Å². The van der Waals surface area contributed by atoms with Crippen LogP contribution in [0.2, 0.25) is 5.02 Å². The molecule has 174 valence electrons. The number of halogens is 1. The highest BCUT2D eigenvalue weighted by molar-refractivity contribution is 6.46. The first kappa shape index (κ1) is 23.1. The normalized spacial score (nSPS) is 22.1. The summed E-state index contributed by atoms with van der Waals surface area (Å²) < 4.78 is 11.1. The van der Waals surface area contributed by atoms with E-state index in [1.165, 1.54) is 18.1 Å². The van der Waals surface area contributed by atoms with Crippen LogP contribution in [0.5, 0.6) is 5.75 Å². The number of rotatable bonds is 6. The number of nitrogens with zero attached hydrogens (tertiary/aromatic N) is 2. The third kappa shape index (κ3) is 4.43. The molecule has 0 radical (unpaired) electrons. The number of ketones is 1. The summed E-state index contributed by atoms with van der Waals surface area (Å²) >= 11 is 6.16. The standard InChI is InChI=1S/C25H27ClN2O5/c1-27(2)17-9-6-15(7-10-17)22-21(23(29)19-13-16(26)8-11-20(19)32-3)24(30)25(31)28(22)14-18-5-4-12-33-18/h6-11,13,18,22,29H,4-5,12,14H2,1-3H3/b23-21+. The molecule has 0 spiro atoms. The Morgan fingerprint density at radius 1 is 1.21 bits per heavy atom. The van der Waals surface area contributed by atoms with E-state index in [9.17, 15) is 14.7 Å². The van der Waals surface area contributed by atoms with E-state index in [4.69, 9.17) is 21.1 Å². The third-order valence-electron chi connectivity index (χ3n) is 6.11. The van der Waals surface area contributed by atoms with Crippen molar-refractivity contribution < 1.29 is 24.2 Å². The van der Waals surface area contributed by atoms with Crippen LogP contribution in [0.25, 0.3) is 5.76 Å². The molecule has 8 heteroatoms. The van der Waals surface area contributed by atoms with Crippen molar-refractivity contribution in [1.29, 1.82) is 0 Å². The molecule has 0 saturated carbocycles. The number of aliphatic hydroxyl groups is 1. The number of likely N-dealkylation sites (tertiary alicyclic amines) is 1. The molecule has 33 heavy (non-hydrogen) atoms. The summed E-state index contributed by atoms with van der Waals surface area (Å²) in [5.41, 5.74) is 1.97. The maximum Gasteiger partial charge on any atom is 0.295 e. The topological polar surface area (TPSA) is 79.3 Å². The zero-order valence-electron chi connectivity index (χ0n) is 18.9. The van der Waals surface area contributed by atoms with Gasteiger partial charge in [0.2, 0.25) is 0 Å². The number of Topliss-reactive ketones (excluding diaryl/α,β-unsaturated/α-hetero) is 1. The lowest BCUT2D eigenvalue weighted by Crippen LogP contribution is -2.36. The second-order valence-corrected chi connectivity index (χ2v) is 8.85. The maximum atomic E-state index is 13.2. The predicted molar refractivity (Wildman–Crippen MR) is 127 cm³/mol. The Bertz CT molecular complexity index is 1090. The number of hydrogen-bond donors (Lipinski definition) is 1. The van der Waals surface area contributed by atoms with E-state index >= 15 is 0 Å². The first-order chi connectivity index (χ1) is 15.8. The van der Waals surface area contributed by atoms with Crippen LogP contribution in [0.15, 0.2) is 48.0 Å². The number of carbonyl (C=O) groups is 2. The Morgan fingerprint density at radius 2 is 1.94 bits per heavy atom. The number of amides is 1. The van der Waals surface area contributed by atoms with Gasteiger partial charge in [0, 0.05) is 38.0 Å². The monoisotopic (exact) mass is 470 g/mol. The fourth-order valence-electron chi connectivity index (χ4n) is 4.39. The van der Waals surface area contributed by atoms with Crippen molar-refractivity contribution in [2.24, 2.45) is 0 Å². The number of hydrogen-bond acceptors (Lipinski definition) is 6. The molecule has 2 aromatic carbocycles. The molecule has 2 aliphatic heterocycles. The van der Waals surface area contributed by atoms with Gasteiger partial charge in [-0.1, -0.05) is 23.7 Å². The molecule has 2 unspecified atom stereocenters. The minimum Gasteiger partial charge on any atom is -0.507 e. The highest BCUT2D eigenvalue weighted by atomic mass is 35.5. The van der Waals surface area contributed by atoms with Gasteiger partial charge in [0.1, 0.15) is 11.5 Å². The van der Waals surface area contributed by atoms with Gasteiger partial charge in [0.15, 0.2) is 0 Å². The fraction of sp³-hybridized carbons (Fsp3) is 0.360. The first-order valence-corrected chi connectivity index (χ1v) is 11.2. The van der Waals surface area contributed by atoms with Gasteiger partial charge >= 0.3 is 0 Å². The Balaban J connectivity index is 1.86. The second kappa shape index (κ2) is 9.45. The molecule has 2 atom stereocenters. The molecule has 2 aliphatic rings. The third-order valence-corrected chi connectivity index (χ3v) is 6.34. The Hall–Kier alpha value is -3.03. The smallest absolute Gasteiger partial charge is 0.295 e. The van der Waals surface area contributed by atoms with Crippen molar-refractivity contribution in [2.45, 2.75) is 25.0 Å². The van der Waals surface area contributed by atoms with Crippen LogP contribution in [0.4, 0.5) is 5.69 Å². The molecular formula is C25H27ClN2O5. The van der Waals surface area contributed by atoms with Crippen LogP contribution in [0.3, 0.4) is 0 Å². The van der Waals surface area contributed by atoms with Crippen LogP contribution in [0.1, 0.15) is 30.0 Å². The molecule has 0 aromatic heterocycles. The van der Waals surface area contributed by atoms with Crippen molar-refractivity contribution in [3.63, 3.8) is 0 Å². The predicted octanol–water partition coefficient (Wildman–Crippen LogP) is 4.02. The van der Waals surface area contributed by atoms with Crippen molar-refractivity contribution in [3.8, 4) is 5.75 Å². The van der Waals surface area contributed by atoms with Gasteiger partial charge in [-0.25, -0.2) is 0 Å². The molecule has 1 N–H and O–H groups in total. The number of carbonyl (C=O) groups excluding carboxylic acids is 2. The fourth-order valence-corrected chi connectivity index (χ4v) is 4.56. The van der Waals surface area contributed by atoms with Gasteiger partial charge in [0.25, 0.3) is 11.7 Å². The number of methoxy groups -OCH3 is 1. The molecule has 1 amide bonds. The summed E-state index contributed by atoms with van der Waals surface area (Å²) in [6.07, 6.45) is 1.58. The molecule has 0 bridgehead atoms. The van der Waals surface area contributed by atoms with E-state index in [0.29, 0.717) is 17.4 Å². The molecule has 2 aromatic rings. The van der Waals surface area contributed by atoms with Gasteiger partial charge in [-0.15, -0.1) is 0 Å². The van der Waals surface area contributed by atoms with E-state index in [-0.39, 0.29) is 29.5 Å². The van der Waals surface area contributed by atoms with E-state index in [2.05, 4.69) is 0 Å². The maximum absolute atomic E-state index is 13.2. The molecule has 2 heterocycles. The number of aliphatic hydroxyl groups excluding tert-OH is 1. The van der Waals surface area contributed by atoms with Gasteiger partial charge in [-0.05, 0) is 48.7 Å². The highest BCUT2D eigenvalue weighted by Gasteiger charge is 2.47. The Kier molecular flexibility index (Phi) is 6.63. The number of ether oxygens (including phenoxy) is 2. The van der Waals surface area contributed by atoms with Crippen molar-refractivity contribution in [1.82, 2.24) is 4.90 Å². The van der Waals surface area contributed by atoms with Crippen molar-refractivity contribution in [2.75, 3.05) is 39.3 Å². The zero-order chi connectivity index (χ0) is 23.7. The summed E-state index contributed by atoms with van der Waals surface area (Å²) in [5, 5.41) is 11.7. The van der Waals surface area contributed by atoms with Crippen molar-refractivity contribution in [3.05, 3.63) is 64.2 Å². The summed E-state index contributed by atoms with van der Waals surface area (Å²) in [7, 11) is 5.33. The van der Waals surface area contributed by atoms with Crippen LogP contribution < -0.4 is 9.64 Å². The van der Waals surface area contributed by atoms with E-state index < -0.39 is 17.7 Å². The van der Waals surface area contributed by atoms with Gasteiger partial charge in [-0.2, -0.15) is 0 Å². The summed E-state index contributed by atoms with van der Waals surface area (Å²) in [5.74, 6) is -1.36. The number of benzene rings is 2. The SMILES string of the molecule is COc1ccc(Cl)cc1/C(O)=C1\C(=O)C(=O)N(CC2CCCO2)C1c1ccc(N(C)C)cc1. The molecular weight excluding hydrogens is 444 g/mol. The lowest BCUT2D eigenvalue weighted by atomic mass is 9.94. The number of anilines is 1. The van der Waals surface area contributed by atoms with Crippen LogP contribution >= 0.6 is 11.6 Å². The zero-order valence-corrected chi connectivity index (χ0v) is 19.6. The lowest BCUT2D eigenvalue weighted by Gasteiger charge is -2.28. The molecule has 2 saturated heterocycles. The highest BCUT2D eigenvalue weighted by Crippen LogP contribution is 2.42. The van der Waals surface area contributed by atoms with Crippen molar-refractivity contribution >= 4 is 34.7 Å². The first-order valence-electron chi connectivity index (χ1n) is 10.8. The van der Waals surface area contributed by atoms with E-state index in [1.807, 2.05) is 43.3 Å². The molecule has 4 rings (SSSR count).